The molecule has 1 aromatic rings. The van der Waals surface area contributed by atoms with Crippen LogP contribution in [0.3, 0.4) is 0 Å². The summed E-state index contributed by atoms with van der Waals surface area (Å²) in [5, 5.41) is 17.3. The third kappa shape index (κ3) is 5.01. The summed E-state index contributed by atoms with van der Waals surface area (Å²) in [5.41, 5.74) is 0. The molecule has 1 aromatic heterocycles. The van der Waals surface area contributed by atoms with Crippen molar-refractivity contribution >= 4 is 17.4 Å². The Morgan fingerprint density at radius 3 is 2.94 bits per heavy atom. The summed E-state index contributed by atoms with van der Waals surface area (Å²) >= 11 is 1.54. The van der Waals surface area contributed by atoms with E-state index in [9.17, 15) is 4.79 Å². The van der Waals surface area contributed by atoms with Gasteiger partial charge in [0.1, 0.15) is 5.01 Å². The molecule has 18 heavy (non-hydrogen) atoms. The van der Waals surface area contributed by atoms with E-state index < -0.39 is 0 Å². The maximum Gasteiger partial charge on any atom is 0.315 e. The third-order valence-corrected chi connectivity index (χ3v) is 3.59. The van der Waals surface area contributed by atoms with Gasteiger partial charge in [-0.3, -0.25) is 0 Å². The fourth-order valence-corrected chi connectivity index (χ4v) is 2.32. The lowest BCUT2D eigenvalue weighted by Gasteiger charge is -2.16. The molecule has 0 saturated carbocycles. The highest BCUT2D eigenvalue weighted by atomic mass is 32.1. The van der Waals surface area contributed by atoms with E-state index in [-0.39, 0.29) is 24.6 Å². The topological polar surface area (TPSA) is 74.2 Å². The summed E-state index contributed by atoms with van der Waals surface area (Å²) < 4.78 is 0. The van der Waals surface area contributed by atoms with Gasteiger partial charge >= 0.3 is 6.03 Å². The predicted octanol–water partition coefficient (Wildman–Crippen LogP) is 1.91. The molecule has 5 nitrogen and oxygen atoms in total. The smallest absolute Gasteiger partial charge is 0.315 e. The number of nitrogens with one attached hydrogen (secondary N) is 2. The Morgan fingerprint density at radius 1 is 1.61 bits per heavy atom. The summed E-state index contributed by atoms with van der Waals surface area (Å²) in [6.45, 7) is 4.73. The van der Waals surface area contributed by atoms with Gasteiger partial charge in [0.2, 0.25) is 0 Å². The molecule has 0 aliphatic rings. The standard InChI is InChI=1S/C12H21N3O2S/c1-3-10(11-13-5-7-18-11)15-12(17)14-8-9(2)4-6-16/h5,7,9-10,16H,3-4,6,8H2,1-2H3,(H2,14,15,17). The molecule has 102 valence electrons. The largest absolute Gasteiger partial charge is 0.396 e. The summed E-state index contributed by atoms with van der Waals surface area (Å²) in [6.07, 6.45) is 3.25. The van der Waals surface area contributed by atoms with Crippen molar-refractivity contribution in [1.29, 1.82) is 0 Å². The second-order valence-electron chi connectivity index (χ2n) is 4.30. The number of hydrogen-bond donors (Lipinski definition) is 3. The quantitative estimate of drug-likeness (QED) is 0.709. The number of carbonyl (C=O) groups excluding carboxylic acids is 1. The van der Waals surface area contributed by atoms with Gasteiger partial charge in [0, 0.05) is 24.7 Å². The number of hydrogen-bond acceptors (Lipinski definition) is 4. The summed E-state index contributed by atoms with van der Waals surface area (Å²) in [5.74, 6) is 0.278. The van der Waals surface area contributed by atoms with Gasteiger partial charge < -0.3 is 15.7 Å². The number of thiazole rings is 1. The molecule has 0 saturated heterocycles. The first-order valence-electron chi connectivity index (χ1n) is 6.22. The van der Waals surface area contributed by atoms with Crippen molar-refractivity contribution < 1.29 is 9.90 Å². The number of rotatable bonds is 7. The second-order valence-corrected chi connectivity index (χ2v) is 5.23. The number of urea groups is 1. The maximum atomic E-state index is 11.7. The van der Waals surface area contributed by atoms with Crippen LogP contribution in [0.5, 0.6) is 0 Å². The molecule has 1 rings (SSSR count). The van der Waals surface area contributed by atoms with Crippen LogP contribution in [-0.2, 0) is 0 Å². The number of aliphatic hydroxyl groups is 1. The lowest BCUT2D eigenvalue weighted by atomic mass is 10.1. The van der Waals surface area contributed by atoms with E-state index >= 15 is 0 Å². The molecule has 1 heterocycles. The molecule has 2 unspecified atom stereocenters. The molecule has 0 radical (unpaired) electrons. The molecule has 0 spiro atoms. The van der Waals surface area contributed by atoms with Crippen molar-refractivity contribution in [1.82, 2.24) is 15.6 Å². The lowest BCUT2D eigenvalue weighted by Crippen LogP contribution is -2.39. The summed E-state index contributed by atoms with van der Waals surface area (Å²) in [7, 11) is 0. The van der Waals surface area contributed by atoms with E-state index in [2.05, 4.69) is 15.6 Å². The minimum atomic E-state index is -0.179. The zero-order valence-corrected chi connectivity index (χ0v) is 11.7. The Bertz CT molecular complexity index is 343. The Kier molecular flexibility index (Phi) is 6.67. The van der Waals surface area contributed by atoms with E-state index in [1.807, 2.05) is 19.2 Å². The van der Waals surface area contributed by atoms with E-state index in [0.717, 1.165) is 11.4 Å². The van der Waals surface area contributed by atoms with E-state index in [4.69, 9.17) is 5.11 Å². The van der Waals surface area contributed by atoms with Gasteiger partial charge in [0.15, 0.2) is 0 Å². The molecule has 6 heteroatoms. The number of carbonyl (C=O) groups is 1. The van der Waals surface area contributed by atoms with Crippen molar-refractivity contribution in [2.75, 3.05) is 13.2 Å². The molecule has 0 aliphatic heterocycles. The van der Waals surface area contributed by atoms with Crippen LogP contribution >= 0.6 is 11.3 Å². The van der Waals surface area contributed by atoms with Crippen LogP contribution in [0.4, 0.5) is 4.79 Å². The van der Waals surface area contributed by atoms with E-state index in [1.165, 1.54) is 0 Å². The number of amides is 2. The van der Waals surface area contributed by atoms with E-state index in [0.29, 0.717) is 13.0 Å². The molecule has 0 fully saturated rings. The average molecular weight is 271 g/mol. The Labute approximate surface area is 112 Å². The fourth-order valence-electron chi connectivity index (χ4n) is 1.54. The van der Waals surface area contributed by atoms with Crippen LogP contribution in [0, 0.1) is 5.92 Å². The van der Waals surface area contributed by atoms with Gasteiger partial charge in [-0.2, -0.15) is 0 Å². The summed E-state index contributed by atoms with van der Waals surface area (Å²) in [6, 6.07) is -0.208. The van der Waals surface area contributed by atoms with Crippen LogP contribution in [0.1, 0.15) is 37.7 Å². The van der Waals surface area contributed by atoms with Crippen molar-refractivity contribution in [3.8, 4) is 0 Å². The van der Waals surface area contributed by atoms with Crippen molar-refractivity contribution in [3.63, 3.8) is 0 Å². The van der Waals surface area contributed by atoms with Gasteiger partial charge in [-0.1, -0.05) is 13.8 Å². The third-order valence-electron chi connectivity index (χ3n) is 2.70. The van der Waals surface area contributed by atoms with Crippen LogP contribution < -0.4 is 10.6 Å². The molecule has 3 N–H and O–H groups in total. The first kappa shape index (κ1) is 14.9. The minimum absolute atomic E-state index is 0.0295. The number of aliphatic hydroxyl groups excluding tert-OH is 1. The Balaban J connectivity index is 2.34. The maximum absolute atomic E-state index is 11.7. The van der Waals surface area contributed by atoms with Crippen molar-refractivity contribution in [2.45, 2.75) is 32.7 Å². The molecule has 2 amide bonds. The van der Waals surface area contributed by atoms with Crippen LogP contribution in [0.2, 0.25) is 0 Å². The highest BCUT2D eigenvalue weighted by Crippen LogP contribution is 2.18. The first-order valence-corrected chi connectivity index (χ1v) is 7.10. The highest BCUT2D eigenvalue weighted by molar-refractivity contribution is 7.09. The molecule has 0 bridgehead atoms. The Hall–Kier alpha value is -1.14. The zero-order valence-electron chi connectivity index (χ0n) is 10.8. The molecular weight excluding hydrogens is 250 g/mol. The normalized spacial score (nSPS) is 13.9. The van der Waals surface area contributed by atoms with Gasteiger partial charge in [-0.25, -0.2) is 9.78 Å². The van der Waals surface area contributed by atoms with Gasteiger partial charge in [-0.05, 0) is 18.8 Å². The van der Waals surface area contributed by atoms with Crippen LogP contribution in [-0.4, -0.2) is 29.3 Å². The number of nitrogens with zero attached hydrogens (tertiary/aromatic N) is 1. The van der Waals surface area contributed by atoms with E-state index in [1.54, 1.807) is 17.5 Å². The summed E-state index contributed by atoms with van der Waals surface area (Å²) in [4.78, 5) is 15.9. The number of aromatic nitrogens is 1. The lowest BCUT2D eigenvalue weighted by molar-refractivity contribution is 0.230. The van der Waals surface area contributed by atoms with Crippen molar-refractivity contribution in [2.24, 2.45) is 5.92 Å². The molecule has 2 atom stereocenters. The average Bonchev–Trinajstić information content (AvgIpc) is 2.87. The first-order chi connectivity index (χ1) is 8.67. The Morgan fingerprint density at radius 2 is 2.39 bits per heavy atom. The molecule has 0 aromatic carbocycles. The monoisotopic (exact) mass is 271 g/mol. The van der Waals surface area contributed by atoms with Crippen LogP contribution in [0.25, 0.3) is 0 Å². The minimum Gasteiger partial charge on any atom is -0.396 e. The molecular formula is C12H21N3O2S. The van der Waals surface area contributed by atoms with Gasteiger partial charge in [0.25, 0.3) is 0 Å². The van der Waals surface area contributed by atoms with Gasteiger partial charge in [0.05, 0.1) is 6.04 Å². The fraction of sp³-hybridized carbons (Fsp3) is 0.667. The van der Waals surface area contributed by atoms with Crippen molar-refractivity contribution in [3.05, 3.63) is 16.6 Å². The second kappa shape index (κ2) is 8.05. The highest BCUT2D eigenvalue weighted by Gasteiger charge is 2.14. The molecule has 0 aliphatic carbocycles. The SMILES string of the molecule is CCC(NC(=O)NCC(C)CCO)c1nccs1. The van der Waals surface area contributed by atoms with Crippen LogP contribution in [0.15, 0.2) is 11.6 Å². The predicted molar refractivity (Wildman–Crippen MR) is 72.5 cm³/mol. The zero-order chi connectivity index (χ0) is 13.4. The van der Waals surface area contributed by atoms with Gasteiger partial charge in [-0.15, -0.1) is 11.3 Å².